The van der Waals surface area contributed by atoms with Gasteiger partial charge >= 0.3 is 6.03 Å². The van der Waals surface area contributed by atoms with Crippen LogP contribution in [-0.2, 0) is 0 Å². The molecule has 0 aliphatic rings. The zero-order chi connectivity index (χ0) is 15.2. The number of amides is 2. The molecule has 0 unspecified atom stereocenters. The monoisotopic (exact) mass is 303 g/mol. The lowest BCUT2D eigenvalue weighted by Gasteiger charge is -2.11. The van der Waals surface area contributed by atoms with Gasteiger partial charge in [0.1, 0.15) is 0 Å². The summed E-state index contributed by atoms with van der Waals surface area (Å²) in [6, 6.07) is 14.9. The van der Waals surface area contributed by atoms with Crippen LogP contribution in [0.3, 0.4) is 0 Å². The number of rotatable bonds is 4. The highest BCUT2D eigenvalue weighted by atomic mass is 35.5. The Kier molecular flexibility index (Phi) is 5.06. The zero-order valence-electron chi connectivity index (χ0n) is 12.0. The highest BCUT2D eigenvalue weighted by molar-refractivity contribution is 6.30. The first kappa shape index (κ1) is 15.2. The van der Waals surface area contributed by atoms with Crippen molar-refractivity contribution in [2.24, 2.45) is 0 Å². The van der Waals surface area contributed by atoms with E-state index >= 15 is 0 Å². The summed E-state index contributed by atoms with van der Waals surface area (Å²) in [6.07, 6.45) is 0. The van der Waals surface area contributed by atoms with Gasteiger partial charge in [0.05, 0.1) is 0 Å². The first-order valence-electron chi connectivity index (χ1n) is 6.73. The highest BCUT2D eigenvalue weighted by Crippen LogP contribution is 2.21. The van der Waals surface area contributed by atoms with Crippen molar-refractivity contribution in [1.29, 1.82) is 0 Å². The van der Waals surface area contributed by atoms with E-state index in [1.807, 2.05) is 62.4 Å². The van der Waals surface area contributed by atoms with E-state index in [9.17, 15) is 4.79 Å². The molecule has 21 heavy (non-hydrogen) atoms. The van der Waals surface area contributed by atoms with Crippen LogP contribution in [0.5, 0.6) is 0 Å². The van der Waals surface area contributed by atoms with Gasteiger partial charge in [0, 0.05) is 28.1 Å². The minimum absolute atomic E-state index is 0.105. The van der Waals surface area contributed by atoms with Crippen LogP contribution in [0.4, 0.5) is 21.9 Å². The fourth-order valence-corrected chi connectivity index (χ4v) is 1.99. The van der Waals surface area contributed by atoms with Crippen LogP contribution in [0.1, 0.15) is 13.8 Å². The van der Waals surface area contributed by atoms with E-state index in [1.54, 1.807) is 0 Å². The summed E-state index contributed by atoms with van der Waals surface area (Å²) in [4.78, 5) is 11.6. The van der Waals surface area contributed by atoms with Crippen LogP contribution in [0.25, 0.3) is 0 Å². The van der Waals surface area contributed by atoms with E-state index in [0.717, 1.165) is 17.1 Å². The Labute approximate surface area is 129 Å². The van der Waals surface area contributed by atoms with Crippen LogP contribution in [-0.4, -0.2) is 12.1 Å². The molecule has 0 fully saturated rings. The number of hydrogen-bond donors (Lipinski definition) is 3. The Morgan fingerprint density at radius 1 is 1.00 bits per heavy atom. The smallest absolute Gasteiger partial charge is 0.319 e. The SMILES string of the molecule is CC(C)NC(=O)Nc1ccc(Nc2cccc(Cl)c2)cc1. The van der Waals surface area contributed by atoms with Gasteiger partial charge in [-0.3, -0.25) is 0 Å². The molecule has 4 nitrogen and oxygen atoms in total. The van der Waals surface area contributed by atoms with Crippen molar-refractivity contribution in [2.45, 2.75) is 19.9 Å². The van der Waals surface area contributed by atoms with Gasteiger partial charge in [-0.1, -0.05) is 17.7 Å². The van der Waals surface area contributed by atoms with Crippen molar-refractivity contribution < 1.29 is 4.79 Å². The second-order valence-electron chi connectivity index (χ2n) is 4.97. The van der Waals surface area contributed by atoms with E-state index in [4.69, 9.17) is 11.6 Å². The molecule has 2 aromatic rings. The molecule has 2 rings (SSSR count). The zero-order valence-corrected chi connectivity index (χ0v) is 12.7. The Balaban J connectivity index is 1.97. The Hall–Kier alpha value is -2.20. The number of nitrogens with one attached hydrogen (secondary N) is 3. The van der Waals surface area contributed by atoms with E-state index in [2.05, 4.69) is 16.0 Å². The van der Waals surface area contributed by atoms with Gasteiger partial charge in [-0.25, -0.2) is 4.79 Å². The quantitative estimate of drug-likeness (QED) is 0.772. The summed E-state index contributed by atoms with van der Waals surface area (Å²) >= 11 is 5.94. The number of benzene rings is 2. The molecule has 0 heterocycles. The van der Waals surface area contributed by atoms with Crippen LogP contribution in [0.2, 0.25) is 5.02 Å². The fourth-order valence-electron chi connectivity index (χ4n) is 1.80. The molecule has 0 spiro atoms. The largest absolute Gasteiger partial charge is 0.355 e. The third-order valence-corrected chi connectivity index (χ3v) is 2.91. The average molecular weight is 304 g/mol. The summed E-state index contributed by atoms with van der Waals surface area (Å²) in [7, 11) is 0. The van der Waals surface area contributed by atoms with E-state index in [0.29, 0.717) is 5.02 Å². The van der Waals surface area contributed by atoms with Crippen molar-refractivity contribution in [3.63, 3.8) is 0 Å². The normalized spacial score (nSPS) is 10.3. The van der Waals surface area contributed by atoms with Crippen LogP contribution >= 0.6 is 11.6 Å². The number of hydrogen-bond acceptors (Lipinski definition) is 2. The number of carbonyl (C=O) groups is 1. The molecule has 2 amide bonds. The van der Waals surface area contributed by atoms with Crippen molar-refractivity contribution >= 4 is 34.7 Å². The van der Waals surface area contributed by atoms with Crippen molar-refractivity contribution in [3.05, 3.63) is 53.6 Å². The minimum Gasteiger partial charge on any atom is -0.355 e. The molecule has 0 aliphatic carbocycles. The molecule has 2 aromatic carbocycles. The summed E-state index contributed by atoms with van der Waals surface area (Å²) in [5.41, 5.74) is 2.58. The standard InChI is InChI=1S/C16H18ClN3O/c1-11(2)18-16(21)20-14-8-6-13(7-9-14)19-15-5-3-4-12(17)10-15/h3-11,19H,1-2H3,(H2,18,20,21). The number of carbonyl (C=O) groups excluding carboxylic acids is 1. The molecule has 0 saturated heterocycles. The second-order valence-corrected chi connectivity index (χ2v) is 5.40. The van der Waals surface area contributed by atoms with Gasteiger partial charge in [-0.05, 0) is 56.3 Å². The van der Waals surface area contributed by atoms with Gasteiger partial charge in [0.2, 0.25) is 0 Å². The molecule has 0 radical (unpaired) electrons. The molecule has 0 atom stereocenters. The maximum atomic E-state index is 11.6. The maximum Gasteiger partial charge on any atom is 0.319 e. The lowest BCUT2D eigenvalue weighted by molar-refractivity contribution is 0.250. The molecule has 0 aliphatic heterocycles. The average Bonchev–Trinajstić information content (AvgIpc) is 2.40. The Morgan fingerprint density at radius 2 is 1.67 bits per heavy atom. The molecule has 5 heteroatoms. The Bertz CT molecular complexity index is 611. The van der Waals surface area contributed by atoms with Crippen molar-refractivity contribution in [1.82, 2.24) is 5.32 Å². The fraction of sp³-hybridized carbons (Fsp3) is 0.188. The molecule has 0 bridgehead atoms. The number of anilines is 3. The molecule has 0 saturated carbocycles. The van der Waals surface area contributed by atoms with Crippen LogP contribution in [0, 0.1) is 0 Å². The first-order chi connectivity index (χ1) is 10.0. The van der Waals surface area contributed by atoms with Gasteiger partial charge < -0.3 is 16.0 Å². The van der Waals surface area contributed by atoms with E-state index < -0.39 is 0 Å². The maximum absolute atomic E-state index is 11.6. The topological polar surface area (TPSA) is 53.2 Å². The van der Waals surface area contributed by atoms with Gasteiger partial charge in [-0.15, -0.1) is 0 Å². The van der Waals surface area contributed by atoms with Crippen molar-refractivity contribution in [2.75, 3.05) is 10.6 Å². The minimum atomic E-state index is -0.208. The molecular formula is C16H18ClN3O. The summed E-state index contributed by atoms with van der Waals surface area (Å²) in [6.45, 7) is 3.83. The van der Waals surface area contributed by atoms with Crippen LogP contribution in [0.15, 0.2) is 48.5 Å². The highest BCUT2D eigenvalue weighted by Gasteiger charge is 2.03. The molecular weight excluding hydrogens is 286 g/mol. The van der Waals surface area contributed by atoms with E-state index in [-0.39, 0.29) is 12.1 Å². The van der Waals surface area contributed by atoms with Gasteiger partial charge in [0.25, 0.3) is 0 Å². The summed E-state index contributed by atoms with van der Waals surface area (Å²) in [5.74, 6) is 0. The molecule has 0 aromatic heterocycles. The van der Waals surface area contributed by atoms with Gasteiger partial charge in [-0.2, -0.15) is 0 Å². The number of halogens is 1. The number of urea groups is 1. The predicted octanol–water partition coefficient (Wildman–Crippen LogP) is 4.61. The third-order valence-electron chi connectivity index (χ3n) is 2.68. The molecule has 110 valence electrons. The molecule has 3 N–H and O–H groups in total. The van der Waals surface area contributed by atoms with Gasteiger partial charge in [0.15, 0.2) is 0 Å². The van der Waals surface area contributed by atoms with Crippen molar-refractivity contribution in [3.8, 4) is 0 Å². The predicted molar refractivity (Wildman–Crippen MR) is 88.5 cm³/mol. The lowest BCUT2D eigenvalue weighted by atomic mass is 10.2. The second kappa shape index (κ2) is 6.99. The summed E-state index contributed by atoms with van der Waals surface area (Å²) < 4.78 is 0. The Morgan fingerprint density at radius 3 is 2.29 bits per heavy atom. The van der Waals surface area contributed by atoms with E-state index in [1.165, 1.54) is 0 Å². The first-order valence-corrected chi connectivity index (χ1v) is 7.11. The summed E-state index contributed by atoms with van der Waals surface area (Å²) in [5, 5.41) is 9.47. The van der Waals surface area contributed by atoms with Crippen LogP contribution < -0.4 is 16.0 Å². The lowest BCUT2D eigenvalue weighted by Crippen LogP contribution is -2.34. The third kappa shape index (κ3) is 5.00.